The van der Waals surface area contributed by atoms with Crippen molar-refractivity contribution in [1.82, 2.24) is 30.2 Å². The number of amides is 1. The van der Waals surface area contributed by atoms with Crippen molar-refractivity contribution in [2.45, 2.75) is 32.7 Å². The monoisotopic (exact) mass is 375 g/mol. The van der Waals surface area contributed by atoms with Gasteiger partial charge in [-0.1, -0.05) is 5.21 Å². The fourth-order valence-electron chi connectivity index (χ4n) is 3.67. The molecular weight excluding hydrogens is 350 g/mol. The molecule has 0 saturated carbocycles. The van der Waals surface area contributed by atoms with E-state index in [2.05, 4.69) is 30.9 Å². The quantitative estimate of drug-likeness (QED) is 0.870. The van der Waals surface area contributed by atoms with E-state index in [1.807, 2.05) is 23.4 Å². The third kappa shape index (κ3) is 3.33. The highest BCUT2D eigenvalue weighted by Gasteiger charge is 2.28. The van der Waals surface area contributed by atoms with E-state index in [-0.39, 0.29) is 5.91 Å². The minimum absolute atomic E-state index is 0.00217. The van der Waals surface area contributed by atoms with Crippen LogP contribution < -0.4 is 10.2 Å². The van der Waals surface area contributed by atoms with Crippen LogP contribution in [0.4, 0.5) is 5.13 Å². The Morgan fingerprint density at radius 2 is 1.92 bits per heavy atom. The molecule has 0 unspecified atom stereocenters. The molecule has 1 amide bonds. The number of hydrogen-bond acceptors (Lipinski definition) is 7. The lowest BCUT2D eigenvalue weighted by Gasteiger charge is -2.34. The molecule has 2 aliphatic heterocycles. The highest BCUT2D eigenvalue weighted by molar-refractivity contribution is 7.13. The van der Waals surface area contributed by atoms with Crippen LogP contribution in [-0.4, -0.2) is 70.1 Å². The number of aromatic nitrogens is 4. The zero-order chi connectivity index (χ0) is 18.1. The van der Waals surface area contributed by atoms with Gasteiger partial charge in [-0.15, -0.1) is 16.4 Å². The van der Waals surface area contributed by atoms with Gasteiger partial charge in [0.2, 0.25) is 0 Å². The molecule has 0 aromatic carbocycles. The van der Waals surface area contributed by atoms with Crippen LogP contribution in [0.5, 0.6) is 0 Å². The van der Waals surface area contributed by atoms with Crippen molar-refractivity contribution in [3.63, 3.8) is 0 Å². The predicted molar refractivity (Wildman–Crippen MR) is 101 cm³/mol. The van der Waals surface area contributed by atoms with Gasteiger partial charge in [-0.25, -0.2) is 9.67 Å². The summed E-state index contributed by atoms with van der Waals surface area (Å²) < 4.78 is 1.95. The molecule has 0 aliphatic carbocycles. The topological polar surface area (TPSA) is 79.2 Å². The second-order valence-corrected chi connectivity index (χ2v) is 7.84. The molecule has 0 bridgehead atoms. The molecule has 9 heteroatoms. The Bertz CT molecular complexity index is 772. The molecule has 2 aliphatic rings. The van der Waals surface area contributed by atoms with Crippen molar-refractivity contribution < 1.29 is 4.79 Å². The molecule has 1 N–H and O–H groups in total. The first kappa shape index (κ1) is 17.4. The Kier molecular flexibility index (Phi) is 4.90. The van der Waals surface area contributed by atoms with Gasteiger partial charge in [-0.3, -0.25) is 4.79 Å². The van der Waals surface area contributed by atoms with Crippen LogP contribution in [0.2, 0.25) is 0 Å². The normalized spacial score (nSPS) is 19.2. The highest BCUT2D eigenvalue weighted by Crippen LogP contribution is 2.23. The summed E-state index contributed by atoms with van der Waals surface area (Å²) in [7, 11) is 0. The number of rotatable bonds is 3. The van der Waals surface area contributed by atoms with Crippen molar-refractivity contribution in [3.8, 4) is 0 Å². The average molecular weight is 376 g/mol. The molecule has 8 nitrogen and oxygen atoms in total. The molecule has 2 aromatic rings. The number of carbonyl (C=O) groups is 1. The second kappa shape index (κ2) is 7.32. The number of thiazole rings is 1. The molecule has 0 radical (unpaired) electrons. The summed E-state index contributed by atoms with van der Waals surface area (Å²) in [4.78, 5) is 21.6. The van der Waals surface area contributed by atoms with Crippen LogP contribution in [0.15, 0.2) is 5.38 Å². The van der Waals surface area contributed by atoms with Gasteiger partial charge in [0.1, 0.15) is 0 Å². The first-order chi connectivity index (χ1) is 12.6. The predicted octanol–water partition coefficient (Wildman–Crippen LogP) is 1.24. The minimum Gasteiger partial charge on any atom is -0.345 e. The number of nitrogens with zero attached hydrogens (tertiary/aromatic N) is 6. The third-order valence-corrected chi connectivity index (χ3v) is 6.25. The van der Waals surface area contributed by atoms with E-state index >= 15 is 0 Å². The number of piperazine rings is 1. The van der Waals surface area contributed by atoms with Crippen LogP contribution in [-0.2, 0) is 0 Å². The highest BCUT2D eigenvalue weighted by atomic mass is 32.1. The lowest BCUT2D eigenvalue weighted by atomic mass is 10.1. The molecule has 140 valence electrons. The molecular formula is C17H25N7OS. The van der Waals surface area contributed by atoms with Crippen molar-refractivity contribution >= 4 is 22.4 Å². The summed E-state index contributed by atoms with van der Waals surface area (Å²) in [6, 6.07) is 0.343. The Balaban J connectivity index is 1.41. The largest absolute Gasteiger partial charge is 0.345 e. The smallest absolute Gasteiger partial charge is 0.276 e. The number of anilines is 1. The molecule has 26 heavy (non-hydrogen) atoms. The standard InChI is InChI=1S/C17H25N7OS/c1-12-11-26-17(19-12)23-9-7-22(8-10-23)16(25)15-13(2)24(21-20-15)14-3-5-18-6-4-14/h11,14,18H,3-10H2,1-2H3. The van der Waals surface area contributed by atoms with Gasteiger partial charge >= 0.3 is 0 Å². The summed E-state index contributed by atoms with van der Waals surface area (Å²) in [5.41, 5.74) is 2.44. The number of aryl methyl sites for hydroxylation is 1. The van der Waals surface area contributed by atoms with E-state index in [9.17, 15) is 4.79 Å². The molecule has 2 saturated heterocycles. The molecule has 4 rings (SSSR count). The summed E-state index contributed by atoms with van der Waals surface area (Å²) in [6.07, 6.45) is 2.06. The van der Waals surface area contributed by atoms with Gasteiger partial charge in [0.05, 0.1) is 17.4 Å². The van der Waals surface area contributed by atoms with Crippen LogP contribution in [0.3, 0.4) is 0 Å². The van der Waals surface area contributed by atoms with Gasteiger partial charge < -0.3 is 15.1 Å². The lowest BCUT2D eigenvalue weighted by molar-refractivity contribution is 0.0740. The van der Waals surface area contributed by atoms with Crippen molar-refractivity contribution in [1.29, 1.82) is 0 Å². The number of nitrogens with one attached hydrogen (secondary N) is 1. The van der Waals surface area contributed by atoms with Crippen LogP contribution in [0.1, 0.15) is 40.8 Å². The Labute approximate surface area is 157 Å². The zero-order valence-electron chi connectivity index (χ0n) is 15.3. The van der Waals surface area contributed by atoms with Crippen molar-refractivity contribution in [3.05, 3.63) is 22.5 Å². The number of piperidine rings is 1. The first-order valence-corrected chi connectivity index (χ1v) is 10.1. The fraction of sp³-hybridized carbons (Fsp3) is 0.647. The van der Waals surface area contributed by atoms with E-state index in [0.717, 1.165) is 55.5 Å². The fourth-order valence-corrected chi connectivity index (χ4v) is 4.53. The molecule has 0 spiro atoms. The lowest BCUT2D eigenvalue weighted by Crippen LogP contribution is -2.49. The molecule has 0 atom stereocenters. The molecule has 2 aromatic heterocycles. The van der Waals surface area contributed by atoms with E-state index in [0.29, 0.717) is 24.8 Å². The molecule has 4 heterocycles. The van der Waals surface area contributed by atoms with Crippen LogP contribution in [0, 0.1) is 13.8 Å². The van der Waals surface area contributed by atoms with E-state index in [4.69, 9.17) is 0 Å². The Hall–Kier alpha value is -2.00. The van der Waals surface area contributed by atoms with Crippen molar-refractivity contribution in [2.75, 3.05) is 44.2 Å². The third-order valence-electron chi connectivity index (χ3n) is 5.23. The number of hydrogen-bond donors (Lipinski definition) is 1. The maximum Gasteiger partial charge on any atom is 0.276 e. The summed E-state index contributed by atoms with van der Waals surface area (Å²) in [6.45, 7) is 8.95. The van der Waals surface area contributed by atoms with Gasteiger partial charge in [0, 0.05) is 31.6 Å². The van der Waals surface area contributed by atoms with Gasteiger partial charge in [-0.05, 0) is 39.8 Å². The maximum absolute atomic E-state index is 12.9. The summed E-state index contributed by atoms with van der Waals surface area (Å²) in [5.74, 6) is -0.00217. The average Bonchev–Trinajstić information content (AvgIpc) is 3.28. The van der Waals surface area contributed by atoms with Crippen LogP contribution >= 0.6 is 11.3 Å². The van der Waals surface area contributed by atoms with Crippen molar-refractivity contribution in [2.24, 2.45) is 0 Å². The van der Waals surface area contributed by atoms with Gasteiger partial charge in [-0.2, -0.15) is 0 Å². The van der Waals surface area contributed by atoms with Gasteiger partial charge in [0.15, 0.2) is 10.8 Å². The maximum atomic E-state index is 12.9. The van der Waals surface area contributed by atoms with Gasteiger partial charge in [0.25, 0.3) is 5.91 Å². The SMILES string of the molecule is Cc1csc(N2CCN(C(=O)c3nnn(C4CCNCC4)c3C)CC2)n1. The zero-order valence-corrected chi connectivity index (χ0v) is 16.1. The number of carbonyl (C=O) groups excluding carboxylic acids is 1. The van der Waals surface area contributed by atoms with E-state index in [1.165, 1.54) is 0 Å². The second-order valence-electron chi connectivity index (χ2n) is 7.00. The Morgan fingerprint density at radius 3 is 2.58 bits per heavy atom. The first-order valence-electron chi connectivity index (χ1n) is 9.22. The summed E-state index contributed by atoms with van der Waals surface area (Å²) in [5, 5.41) is 15.0. The minimum atomic E-state index is -0.00217. The van der Waals surface area contributed by atoms with Crippen LogP contribution in [0.25, 0.3) is 0 Å². The molecule has 2 fully saturated rings. The Morgan fingerprint density at radius 1 is 1.19 bits per heavy atom. The summed E-state index contributed by atoms with van der Waals surface area (Å²) >= 11 is 1.66. The van der Waals surface area contributed by atoms with E-state index < -0.39 is 0 Å². The van der Waals surface area contributed by atoms with E-state index in [1.54, 1.807) is 11.3 Å².